The first-order valence-corrected chi connectivity index (χ1v) is 11.8. The first-order valence-electron chi connectivity index (χ1n) is 10.9. The van der Waals surface area contributed by atoms with E-state index in [1.54, 1.807) is 18.4 Å². The standard InChI is InChI=1S/C24H28N4OS/c1-29-20-9-7-18(8-10-20)24-26-14-21(30-24)16-28-12-11-22-19(15-28)13-25-23(27-22)17-5-3-2-4-6-17/h7-10,13-14,17H,2-6,11-12,15-16H2,1H3. The second kappa shape index (κ2) is 8.82. The highest BCUT2D eigenvalue weighted by atomic mass is 32.1. The molecule has 1 aliphatic carbocycles. The van der Waals surface area contributed by atoms with Gasteiger partial charge >= 0.3 is 0 Å². The summed E-state index contributed by atoms with van der Waals surface area (Å²) < 4.78 is 5.25. The van der Waals surface area contributed by atoms with Gasteiger partial charge in [-0.2, -0.15) is 0 Å². The smallest absolute Gasteiger partial charge is 0.131 e. The largest absolute Gasteiger partial charge is 0.497 e. The third kappa shape index (κ3) is 4.25. The molecule has 0 N–H and O–H groups in total. The molecule has 0 saturated heterocycles. The fraction of sp³-hybridized carbons (Fsp3) is 0.458. The summed E-state index contributed by atoms with van der Waals surface area (Å²) in [5, 5.41) is 1.06. The Balaban J connectivity index is 1.24. The average Bonchev–Trinajstić information content (AvgIpc) is 3.28. The Morgan fingerprint density at radius 2 is 1.90 bits per heavy atom. The zero-order chi connectivity index (χ0) is 20.3. The van der Waals surface area contributed by atoms with Gasteiger partial charge < -0.3 is 4.74 Å². The van der Waals surface area contributed by atoms with E-state index in [4.69, 9.17) is 14.7 Å². The Hall–Kier alpha value is -2.31. The highest BCUT2D eigenvalue weighted by Crippen LogP contribution is 2.32. The predicted octanol–water partition coefficient (Wildman–Crippen LogP) is 5.21. The van der Waals surface area contributed by atoms with Crippen LogP contribution in [0, 0.1) is 0 Å². The molecule has 2 aliphatic rings. The summed E-state index contributed by atoms with van der Waals surface area (Å²) in [6.45, 7) is 2.90. The van der Waals surface area contributed by atoms with Gasteiger partial charge in [-0.25, -0.2) is 15.0 Å². The molecular formula is C24H28N4OS. The molecule has 0 spiro atoms. The monoisotopic (exact) mass is 420 g/mol. The van der Waals surface area contributed by atoms with Crippen LogP contribution < -0.4 is 4.74 Å². The number of thiazole rings is 1. The molecule has 1 fully saturated rings. The number of fused-ring (bicyclic) bond motifs is 1. The topological polar surface area (TPSA) is 51.1 Å². The van der Waals surface area contributed by atoms with Crippen LogP contribution in [0.25, 0.3) is 10.6 Å². The van der Waals surface area contributed by atoms with Crippen LogP contribution in [0.2, 0.25) is 0 Å². The number of rotatable bonds is 5. The lowest BCUT2D eigenvalue weighted by Gasteiger charge is -2.28. The molecule has 0 bridgehead atoms. The van der Waals surface area contributed by atoms with E-state index in [2.05, 4.69) is 28.2 Å². The Kier molecular flexibility index (Phi) is 5.77. The molecule has 1 aliphatic heterocycles. The molecule has 1 saturated carbocycles. The van der Waals surface area contributed by atoms with E-state index in [0.717, 1.165) is 48.2 Å². The number of aromatic nitrogens is 3. The minimum absolute atomic E-state index is 0.579. The average molecular weight is 421 g/mol. The van der Waals surface area contributed by atoms with Crippen molar-refractivity contribution in [2.24, 2.45) is 0 Å². The van der Waals surface area contributed by atoms with Gasteiger partial charge in [-0.1, -0.05) is 19.3 Å². The zero-order valence-corrected chi connectivity index (χ0v) is 18.3. The molecule has 0 unspecified atom stereocenters. The normalized spacial score (nSPS) is 17.6. The first kappa shape index (κ1) is 19.6. The van der Waals surface area contributed by atoms with Crippen molar-refractivity contribution >= 4 is 11.3 Å². The lowest BCUT2D eigenvalue weighted by molar-refractivity contribution is 0.244. The second-order valence-electron chi connectivity index (χ2n) is 8.36. The maximum atomic E-state index is 5.25. The molecular weight excluding hydrogens is 392 g/mol. The van der Waals surface area contributed by atoms with Crippen molar-refractivity contribution in [2.75, 3.05) is 13.7 Å². The van der Waals surface area contributed by atoms with Crippen LogP contribution in [0.15, 0.2) is 36.7 Å². The summed E-state index contributed by atoms with van der Waals surface area (Å²) in [4.78, 5) is 18.2. The fourth-order valence-electron chi connectivity index (χ4n) is 4.55. The van der Waals surface area contributed by atoms with Crippen LogP contribution in [0.3, 0.4) is 0 Å². The molecule has 0 atom stereocenters. The number of methoxy groups -OCH3 is 1. The van der Waals surface area contributed by atoms with Gasteiger partial charge in [0.25, 0.3) is 0 Å². The molecule has 6 heteroatoms. The number of hydrogen-bond acceptors (Lipinski definition) is 6. The molecule has 0 radical (unpaired) electrons. The second-order valence-corrected chi connectivity index (χ2v) is 9.47. The minimum Gasteiger partial charge on any atom is -0.497 e. The summed E-state index contributed by atoms with van der Waals surface area (Å²) in [7, 11) is 1.69. The number of benzene rings is 1. The van der Waals surface area contributed by atoms with E-state index >= 15 is 0 Å². The van der Waals surface area contributed by atoms with E-state index < -0.39 is 0 Å². The predicted molar refractivity (Wildman–Crippen MR) is 120 cm³/mol. The summed E-state index contributed by atoms with van der Waals surface area (Å²) in [6, 6.07) is 8.11. The van der Waals surface area contributed by atoms with Crippen LogP contribution in [0.5, 0.6) is 5.75 Å². The van der Waals surface area contributed by atoms with Crippen molar-refractivity contribution in [1.82, 2.24) is 19.9 Å². The van der Waals surface area contributed by atoms with Crippen LogP contribution in [0.1, 0.15) is 60.0 Å². The fourth-order valence-corrected chi connectivity index (χ4v) is 5.51. The van der Waals surface area contributed by atoms with Crippen molar-refractivity contribution in [1.29, 1.82) is 0 Å². The Morgan fingerprint density at radius 1 is 1.07 bits per heavy atom. The number of nitrogens with zero attached hydrogens (tertiary/aromatic N) is 4. The van der Waals surface area contributed by atoms with Crippen molar-refractivity contribution in [3.63, 3.8) is 0 Å². The van der Waals surface area contributed by atoms with E-state index in [9.17, 15) is 0 Å². The molecule has 3 heterocycles. The highest BCUT2D eigenvalue weighted by molar-refractivity contribution is 7.15. The summed E-state index contributed by atoms with van der Waals surface area (Å²) in [6.07, 6.45) is 11.7. The van der Waals surface area contributed by atoms with E-state index in [0.29, 0.717) is 5.92 Å². The summed E-state index contributed by atoms with van der Waals surface area (Å²) in [5.74, 6) is 2.54. The van der Waals surface area contributed by atoms with Crippen LogP contribution in [-0.4, -0.2) is 33.5 Å². The lowest BCUT2D eigenvalue weighted by Crippen LogP contribution is -2.31. The van der Waals surface area contributed by atoms with Gasteiger partial charge in [-0.3, -0.25) is 4.90 Å². The van der Waals surface area contributed by atoms with Gasteiger partial charge in [-0.15, -0.1) is 11.3 Å². The maximum absolute atomic E-state index is 5.25. The van der Waals surface area contributed by atoms with Crippen molar-refractivity contribution in [2.45, 2.75) is 57.5 Å². The van der Waals surface area contributed by atoms with Gasteiger partial charge in [0.2, 0.25) is 0 Å². The third-order valence-electron chi connectivity index (χ3n) is 6.27. The van der Waals surface area contributed by atoms with Crippen LogP contribution >= 0.6 is 11.3 Å². The minimum atomic E-state index is 0.579. The van der Waals surface area contributed by atoms with Crippen LogP contribution in [0.4, 0.5) is 0 Å². The molecule has 0 amide bonds. The Bertz CT molecular complexity index is 995. The Labute approximate surface area is 182 Å². The van der Waals surface area contributed by atoms with E-state index in [1.807, 2.05) is 18.3 Å². The van der Waals surface area contributed by atoms with Gasteiger partial charge in [0.15, 0.2) is 0 Å². The van der Waals surface area contributed by atoms with Crippen LogP contribution in [-0.2, 0) is 19.5 Å². The quantitative estimate of drug-likeness (QED) is 0.567. The van der Waals surface area contributed by atoms with Gasteiger partial charge in [0.1, 0.15) is 16.6 Å². The molecule has 30 heavy (non-hydrogen) atoms. The molecule has 3 aromatic rings. The SMILES string of the molecule is COc1ccc(-c2ncc(CN3CCc4nc(C5CCCCC5)ncc4C3)s2)cc1. The molecule has 5 rings (SSSR count). The van der Waals surface area contributed by atoms with Gasteiger partial charge in [0.05, 0.1) is 7.11 Å². The van der Waals surface area contributed by atoms with E-state index in [1.165, 1.54) is 48.2 Å². The lowest BCUT2D eigenvalue weighted by atomic mass is 9.88. The van der Waals surface area contributed by atoms with Gasteiger partial charge in [-0.05, 0) is 37.1 Å². The third-order valence-corrected chi connectivity index (χ3v) is 7.30. The van der Waals surface area contributed by atoms with E-state index in [-0.39, 0.29) is 0 Å². The summed E-state index contributed by atoms with van der Waals surface area (Å²) in [5.41, 5.74) is 3.70. The highest BCUT2D eigenvalue weighted by Gasteiger charge is 2.23. The molecule has 1 aromatic carbocycles. The Morgan fingerprint density at radius 3 is 2.70 bits per heavy atom. The zero-order valence-electron chi connectivity index (χ0n) is 17.5. The number of hydrogen-bond donors (Lipinski definition) is 0. The van der Waals surface area contributed by atoms with Gasteiger partial charge in [0, 0.05) is 66.1 Å². The number of ether oxygens (including phenoxy) is 1. The van der Waals surface area contributed by atoms with Crippen molar-refractivity contribution in [3.05, 3.63) is 58.6 Å². The molecule has 5 nitrogen and oxygen atoms in total. The maximum Gasteiger partial charge on any atom is 0.131 e. The van der Waals surface area contributed by atoms with Crippen molar-refractivity contribution < 1.29 is 4.74 Å². The first-order chi connectivity index (χ1) is 14.8. The summed E-state index contributed by atoms with van der Waals surface area (Å²) >= 11 is 1.77. The van der Waals surface area contributed by atoms with Crippen molar-refractivity contribution in [3.8, 4) is 16.3 Å². The molecule has 2 aromatic heterocycles. The molecule has 156 valence electrons.